The van der Waals surface area contributed by atoms with Crippen molar-refractivity contribution >= 4 is 11.6 Å². The Bertz CT molecular complexity index is 382. The van der Waals surface area contributed by atoms with Crippen LogP contribution in [-0.4, -0.2) is 36.7 Å². The molecule has 2 rings (SSSR count). The summed E-state index contributed by atoms with van der Waals surface area (Å²) in [7, 11) is 0. The van der Waals surface area contributed by atoms with Crippen LogP contribution in [0.15, 0.2) is 24.3 Å². The molecule has 1 aromatic rings. The fourth-order valence-electron chi connectivity index (χ4n) is 2.58. The van der Waals surface area contributed by atoms with Crippen molar-refractivity contribution in [3.05, 3.63) is 29.3 Å². The minimum Gasteiger partial charge on any atom is -0.494 e. The van der Waals surface area contributed by atoms with Gasteiger partial charge in [0.25, 0.3) is 0 Å². The number of benzene rings is 1. The molecule has 4 heteroatoms. The van der Waals surface area contributed by atoms with Gasteiger partial charge in [0.2, 0.25) is 0 Å². The molecule has 1 aromatic carbocycles. The van der Waals surface area contributed by atoms with Crippen molar-refractivity contribution in [2.45, 2.75) is 38.3 Å². The van der Waals surface area contributed by atoms with Gasteiger partial charge in [-0.05, 0) is 57.0 Å². The van der Waals surface area contributed by atoms with Gasteiger partial charge in [-0.3, -0.25) is 0 Å². The van der Waals surface area contributed by atoms with E-state index < -0.39 is 0 Å². The summed E-state index contributed by atoms with van der Waals surface area (Å²) in [6, 6.07) is 8.50. The Kier molecular flexibility index (Phi) is 5.49. The monoisotopic (exact) mass is 282 g/mol. The summed E-state index contributed by atoms with van der Waals surface area (Å²) < 4.78 is 5.70. The van der Waals surface area contributed by atoms with Crippen molar-refractivity contribution < 1.29 is 4.74 Å². The van der Waals surface area contributed by atoms with Crippen molar-refractivity contribution in [3.8, 4) is 5.75 Å². The van der Waals surface area contributed by atoms with E-state index in [9.17, 15) is 0 Å². The highest BCUT2D eigenvalue weighted by molar-refractivity contribution is 6.30. The van der Waals surface area contributed by atoms with E-state index in [1.54, 1.807) is 0 Å². The second-order valence-electron chi connectivity index (χ2n) is 5.33. The molecule has 0 radical (unpaired) electrons. The number of hydrogen-bond acceptors (Lipinski definition) is 3. The standard InChI is InChI=1S/C15H23ClN2O/c1-12-11-14(17)7-9-18(12)8-2-10-19-15-5-3-13(16)4-6-15/h3-6,12,14H,2,7-11,17H2,1H3. The zero-order valence-corrected chi connectivity index (χ0v) is 12.3. The average molecular weight is 283 g/mol. The summed E-state index contributed by atoms with van der Waals surface area (Å²) in [6.07, 6.45) is 3.27. The largest absolute Gasteiger partial charge is 0.494 e. The first-order valence-corrected chi connectivity index (χ1v) is 7.41. The maximum absolute atomic E-state index is 5.97. The number of nitrogens with zero attached hydrogens (tertiary/aromatic N) is 1. The molecular formula is C15H23ClN2O. The summed E-state index contributed by atoms with van der Waals surface area (Å²) in [5, 5.41) is 0.742. The fourth-order valence-corrected chi connectivity index (χ4v) is 2.70. The SMILES string of the molecule is CC1CC(N)CCN1CCCOc1ccc(Cl)cc1. The Morgan fingerprint density at radius 3 is 2.79 bits per heavy atom. The number of halogens is 1. The van der Waals surface area contributed by atoms with E-state index in [-0.39, 0.29) is 0 Å². The molecule has 0 aromatic heterocycles. The fraction of sp³-hybridized carbons (Fsp3) is 0.600. The molecule has 3 nitrogen and oxygen atoms in total. The third kappa shape index (κ3) is 4.68. The summed E-state index contributed by atoms with van der Waals surface area (Å²) in [6.45, 7) is 5.21. The maximum Gasteiger partial charge on any atom is 0.119 e. The molecule has 2 unspecified atom stereocenters. The van der Waals surface area contributed by atoms with Crippen molar-refractivity contribution in [3.63, 3.8) is 0 Å². The van der Waals surface area contributed by atoms with E-state index in [0.29, 0.717) is 12.1 Å². The minimum absolute atomic E-state index is 0.386. The molecular weight excluding hydrogens is 260 g/mol. The smallest absolute Gasteiger partial charge is 0.119 e. The summed E-state index contributed by atoms with van der Waals surface area (Å²) in [5.41, 5.74) is 5.97. The Hall–Kier alpha value is -0.770. The molecule has 0 saturated carbocycles. The molecule has 1 aliphatic rings. The number of rotatable bonds is 5. The first-order chi connectivity index (χ1) is 9.15. The lowest BCUT2D eigenvalue weighted by atomic mass is 9.99. The number of nitrogens with two attached hydrogens (primary N) is 1. The minimum atomic E-state index is 0.386. The maximum atomic E-state index is 5.97. The molecule has 0 spiro atoms. The predicted octanol–water partition coefficient (Wildman–Crippen LogP) is 2.92. The van der Waals surface area contributed by atoms with Gasteiger partial charge in [0.1, 0.15) is 5.75 Å². The van der Waals surface area contributed by atoms with Crippen LogP contribution in [0.4, 0.5) is 0 Å². The average Bonchev–Trinajstić information content (AvgIpc) is 2.39. The summed E-state index contributed by atoms with van der Waals surface area (Å²) in [5.74, 6) is 0.887. The van der Waals surface area contributed by atoms with Gasteiger partial charge in [-0.15, -0.1) is 0 Å². The number of hydrogen-bond donors (Lipinski definition) is 1. The van der Waals surface area contributed by atoms with Crippen LogP contribution < -0.4 is 10.5 Å². The molecule has 0 aliphatic carbocycles. The van der Waals surface area contributed by atoms with Crippen molar-refractivity contribution in [2.75, 3.05) is 19.7 Å². The highest BCUT2D eigenvalue weighted by atomic mass is 35.5. The van der Waals surface area contributed by atoms with E-state index in [0.717, 1.165) is 49.7 Å². The van der Waals surface area contributed by atoms with E-state index >= 15 is 0 Å². The topological polar surface area (TPSA) is 38.5 Å². The Balaban J connectivity index is 1.65. The van der Waals surface area contributed by atoms with Crippen LogP contribution >= 0.6 is 11.6 Å². The third-order valence-electron chi connectivity index (χ3n) is 3.73. The molecule has 0 amide bonds. The molecule has 106 valence electrons. The Labute approximate surface area is 120 Å². The van der Waals surface area contributed by atoms with Crippen LogP contribution in [-0.2, 0) is 0 Å². The lowest BCUT2D eigenvalue weighted by Gasteiger charge is -2.36. The van der Waals surface area contributed by atoms with E-state index in [1.807, 2.05) is 24.3 Å². The summed E-state index contributed by atoms with van der Waals surface area (Å²) >= 11 is 5.83. The van der Waals surface area contributed by atoms with Crippen LogP contribution in [0.2, 0.25) is 5.02 Å². The molecule has 1 heterocycles. The molecule has 19 heavy (non-hydrogen) atoms. The normalized spacial score (nSPS) is 24.4. The van der Waals surface area contributed by atoms with Crippen molar-refractivity contribution in [1.29, 1.82) is 0 Å². The molecule has 2 atom stereocenters. The highest BCUT2D eigenvalue weighted by Gasteiger charge is 2.22. The van der Waals surface area contributed by atoms with Gasteiger partial charge in [0.15, 0.2) is 0 Å². The third-order valence-corrected chi connectivity index (χ3v) is 3.98. The van der Waals surface area contributed by atoms with Gasteiger partial charge in [-0.1, -0.05) is 11.6 Å². The zero-order valence-electron chi connectivity index (χ0n) is 11.5. The second-order valence-corrected chi connectivity index (χ2v) is 5.76. The predicted molar refractivity (Wildman–Crippen MR) is 79.8 cm³/mol. The van der Waals surface area contributed by atoms with Crippen LogP contribution in [0.3, 0.4) is 0 Å². The van der Waals surface area contributed by atoms with Crippen LogP contribution in [0, 0.1) is 0 Å². The van der Waals surface area contributed by atoms with Gasteiger partial charge < -0.3 is 15.4 Å². The summed E-state index contributed by atoms with van der Waals surface area (Å²) in [4.78, 5) is 2.51. The van der Waals surface area contributed by atoms with Gasteiger partial charge >= 0.3 is 0 Å². The molecule has 2 N–H and O–H groups in total. The van der Waals surface area contributed by atoms with Crippen molar-refractivity contribution in [2.24, 2.45) is 5.73 Å². The first kappa shape index (κ1) is 14.6. The van der Waals surface area contributed by atoms with E-state index in [4.69, 9.17) is 22.1 Å². The van der Waals surface area contributed by atoms with Gasteiger partial charge in [-0.2, -0.15) is 0 Å². The van der Waals surface area contributed by atoms with Gasteiger partial charge in [0.05, 0.1) is 6.61 Å². The quantitative estimate of drug-likeness (QED) is 0.844. The van der Waals surface area contributed by atoms with E-state index in [1.165, 1.54) is 0 Å². The van der Waals surface area contributed by atoms with Gasteiger partial charge in [0, 0.05) is 23.7 Å². The van der Waals surface area contributed by atoms with Gasteiger partial charge in [-0.25, -0.2) is 0 Å². The Morgan fingerprint density at radius 2 is 2.11 bits per heavy atom. The van der Waals surface area contributed by atoms with Crippen molar-refractivity contribution in [1.82, 2.24) is 4.90 Å². The first-order valence-electron chi connectivity index (χ1n) is 7.03. The number of likely N-dealkylation sites (tertiary alicyclic amines) is 1. The zero-order chi connectivity index (χ0) is 13.7. The lowest BCUT2D eigenvalue weighted by molar-refractivity contribution is 0.137. The van der Waals surface area contributed by atoms with Crippen LogP contribution in [0.5, 0.6) is 5.75 Å². The lowest BCUT2D eigenvalue weighted by Crippen LogP contribution is -2.46. The van der Waals surface area contributed by atoms with Crippen LogP contribution in [0.1, 0.15) is 26.2 Å². The molecule has 1 aliphatic heterocycles. The second kappa shape index (κ2) is 7.13. The Morgan fingerprint density at radius 1 is 1.37 bits per heavy atom. The number of piperidine rings is 1. The number of ether oxygens (including phenoxy) is 1. The molecule has 0 bridgehead atoms. The van der Waals surface area contributed by atoms with E-state index in [2.05, 4.69) is 11.8 Å². The molecule has 1 saturated heterocycles. The molecule has 1 fully saturated rings. The van der Waals surface area contributed by atoms with Crippen LogP contribution in [0.25, 0.3) is 0 Å². The highest BCUT2D eigenvalue weighted by Crippen LogP contribution is 2.17.